The lowest BCUT2D eigenvalue weighted by atomic mass is 10.2. The minimum absolute atomic E-state index is 0.544. The molecule has 1 heterocycles. The summed E-state index contributed by atoms with van der Waals surface area (Å²) in [4.78, 5) is 3.94. The van der Waals surface area contributed by atoms with E-state index in [0.29, 0.717) is 11.3 Å². The van der Waals surface area contributed by atoms with Crippen molar-refractivity contribution in [3.63, 3.8) is 0 Å². The first kappa shape index (κ1) is 7.97. The fourth-order valence-corrected chi connectivity index (χ4v) is 0.732. The van der Waals surface area contributed by atoms with Crippen LogP contribution >= 0.6 is 0 Å². The van der Waals surface area contributed by atoms with Crippen LogP contribution in [0.4, 0.5) is 0 Å². The zero-order chi connectivity index (χ0) is 8.81. The molecule has 1 aromatic rings. The zero-order valence-corrected chi connectivity index (χ0v) is 6.23. The second kappa shape index (κ2) is 3.90. The van der Waals surface area contributed by atoms with Crippen LogP contribution in [0.5, 0.6) is 0 Å². The summed E-state index contributed by atoms with van der Waals surface area (Å²) < 4.78 is 0. The molecule has 0 aromatic carbocycles. The van der Waals surface area contributed by atoms with Crippen LogP contribution < -0.4 is 0 Å². The average molecular weight is 155 g/mol. The molecule has 0 saturated heterocycles. The van der Waals surface area contributed by atoms with Crippen LogP contribution in [-0.4, -0.2) is 4.98 Å². The Kier molecular flexibility index (Phi) is 2.59. The molecule has 3 heteroatoms. The van der Waals surface area contributed by atoms with Gasteiger partial charge in [0.05, 0.1) is 23.4 Å². The van der Waals surface area contributed by atoms with E-state index in [4.69, 9.17) is 10.5 Å². The molecule has 0 unspecified atom stereocenters. The van der Waals surface area contributed by atoms with E-state index in [-0.39, 0.29) is 0 Å². The highest BCUT2D eigenvalue weighted by molar-refractivity contribution is 5.49. The lowest BCUT2D eigenvalue weighted by Gasteiger charge is -1.90. The molecule has 0 amide bonds. The third-order valence-electron chi connectivity index (χ3n) is 1.24. The van der Waals surface area contributed by atoms with E-state index in [9.17, 15) is 0 Å². The van der Waals surface area contributed by atoms with E-state index in [1.54, 1.807) is 18.2 Å². The Labute approximate surface area is 70.2 Å². The van der Waals surface area contributed by atoms with Crippen molar-refractivity contribution >= 4 is 6.08 Å². The monoisotopic (exact) mass is 155 g/mol. The topological polar surface area (TPSA) is 60.5 Å². The quantitative estimate of drug-likeness (QED) is 0.577. The molecule has 0 atom stereocenters. The molecule has 0 radical (unpaired) electrons. The third-order valence-corrected chi connectivity index (χ3v) is 1.24. The van der Waals surface area contributed by atoms with Crippen LogP contribution in [0.3, 0.4) is 0 Å². The van der Waals surface area contributed by atoms with E-state index in [2.05, 4.69) is 4.98 Å². The molecule has 0 saturated carbocycles. The molecule has 0 aliphatic rings. The minimum Gasteiger partial charge on any atom is -0.257 e. The van der Waals surface area contributed by atoms with Crippen molar-refractivity contribution < 1.29 is 0 Å². The first-order chi connectivity index (χ1) is 5.86. The van der Waals surface area contributed by atoms with Crippen molar-refractivity contribution in [2.45, 2.75) is 0 Å². The van der Waals surface area contributed by atoms with Gasteiger partial charge in [-0.2, -0.15) is 10.5 Å². The Bertz CT molecular complexity index is 379. The van der Waals surface area contributed by atoms with E-state index in [1.165, 1.54) is 12.3 Å². The number of aromatic nitrogens is 1. The summed E-state index contributed by atoms with van der Waals surface area (Å²) in [6.45, 7) is 0. The Hall–Kier alpha value is -2.13. The Morgan fingerprint density at radius 1 is 1.42 bits per heavy atom. The van der Waals surface area contributed by atoms with Crippen LogP contribution in [0.1, 0.15) is 11.3 Å². The van der Waals surface area contributed by atoms with Crippen molar-refractivity contribution in [3.05, 3.63) is 35.7 Å². The van der Waals surface area contributed by atoms with Crippen LogP contribution in [-0.2, 0) is 0 Å². The molecule has 3 nitrogen and oxygen atoms in total. The van der Waals surface area contributed by atoms with Crippen LogP contribution in [0.2, 0.25) is 0 Å². The highest BCUT2D eigenvalue weighted by Gasteiger charge is 1.90. The van der Waals surface area contributed by atoms with Gasteiger partial charge in [0, 0.05) is 12.3 Å². The molecule has 1 aromatic heterocycles. The molecule has 0 spiro atoms. The summed E-state index contributed by atoms with van der Waals surface area (Å²) in [6, 6.07) is 7.07. The molecule has 0 aliphatic heterocycles. The number of allylic oxidation sites excluding steroid dienone is 1. The average Bonchev–Trinajstić information content (AvgIpc) is 2.15. The van der Waals surface area contributed by atoms with E-state index in [0.717, 1.165) is 0 Å². The fraction of sp³-hybridized carbons (Fsp3) is 0. The maximum atomic E-state index is 8.52. The van der Waals surface area contributed by atoms with Crippen molar-refractivity contribution in [1.82, 2.24) is 4.98 Å². The number of nitrogens with zero attached hydrogens (tertiary/aromatic N) is 3. The Morgan fingerprint density at radius 3 is 2.92 bits per heavy atom. The van der Waals surface area contributed by atoms with Gasteiger partial charge >= 0.3 is 0 Å². The highest BCUT2D eigenvalue weighted by Crippen LogP contribution is 2.01. The van der Waals surface area contributed by atoms with E-state index >= 15 is 0 Å². The van der Waals surface area contributed by atoms with E-state index in [1.807, 2.05) is 12.1 Å². The Morgan fingerprint density at radius 2 is 2.25 bits per heavy atom. The van der Waals surface area contributed by atoms with Crippen molar-refractivity contribution in [2.75, 3.05) is 0 Å². The van der Waals surface area contributed by atoms with Crippen LogP contribution in [0, 0.1) is 22.7 Å². The summed E-state index contributed by atoms with van der Waals surface area (Å²) in [6.07, 6.45) is 4.42. The zero-order valence-electron chi connectivity index (χ0n) is 6.23. The van der Waals surface area contributed by atoms with Gasteiger partial charge in [0.25, 0.3) is 0 Å². The predicted octanol–water partition coefficient (Wildman–Crippen LogP) is 1.49. The molecule has 56 valence electrons. The third kappa shape index (κ3) is 1.93. The molecule has 1 rings (SSSR count). The molecule has 0 N–H and O–H groups in total. The van der Waals surface area contributed by atoms with Gasteiger partial charge in [0.15, 0.2) is 0 Å². The van der Waals surface area contributed by atoms with Crippen molar-refractivity contribution in [2.24, 2.45) is 0 Å². The molecular weight excluding hydrogens is 150 g/mol. The number of hydrogen-bond acceptors (Lipinski definition) is 3. The summed E-state index contributed by atoms with van der Waals surface area (Å²) in [7, 11) is 0. The normalized spacial score (nSPS) is 9.17. The second-order valence-corrected chi connectivity index (χ2v) is 2.04. The first-order valence-corrected chi connectivity index (χ1v) is 3.29. The SMILES string of the molecule is N#CC=Cc1cc(C#N)ccn1. The van der Waals surface area contributed by atoms with Gasteiger partial charge in [-0.1, -0.05) is 0 Å². The minimum atomic E-state index is 0.544. The summed E-state index contributed by atoms with van der Waals surface area (Å²) in [5.41, 5.74) is 1.16. The molecule has 0 aliphatic carbocycles. The van der Waals surface area contributed by atoms with Gasteiger partial charge in [-0.25, -0.2) is 0 Å². The second-order valence-electron chi connectivity index (χ2n) is 2.04. The summed E-state index contributed by atoms with van der Waals surface area (Å²) >= 11 is 0. The Balaban J connectivity index is 2.98. The van der Waals surface area contributed by atoms with E-state index < -0.39 is 0 Å². The van der Waals surface area contributed by atoms with Crippen LogP contribution in [0.15, 0.2) is 24.4 Å². The summed E-state index contributed by atoms with van der Waals surface area (Å²) in [5, 5.41) is 16.7. The highest BCUT2D eigenvalue weighted by atomic mass is 14.7. The van der Waals surface area contributed by atoms with Crippen molar-refractivity contribution in [1.29, 1.82) is 10.5 Å². The lowest BCUT2D eigenvalue weighted by molar-refractivity contribution is 1.28. The molecule has 12 heavy (non-hydrogen) atoms. The maximum absolute atomic E-state index is 8.52. The smallest absolute Gasteiger partial charge is 0.0992 e. The summed E-state index contributed by atoms with van der Waals surface area (Å²) in [5.74, 6) is 0. The van der Waals surface area contributed by atoms with Gasteiger partial charge in [-0.3, -0.25) is 4.98 Å². The molecule has 0 fully saturated rings. The number of hydrogen-bond donors (Lipinski definition) is 0. The fourth-order valence-electron chi connectivity index (χ4n) is 0.732. The van der Waals surface area contributed by atoms with Crippen LogP contribution in [0.25, 0.3) is 6.08 Å². The molecular formula is C9H5N3. The van der Waals surface area contributed by atoms with Gasteiger partial charge < -0.3 is 0 Å². The standard InChI is InChI=1S/C9H5N3/c10-4-1-2-9-6-8(7-11)3-5-12-9/h1-3,5-6H. The number of rotatable bonds is 1. The predicted molar refractivity (Wildman–Crippen MR) is 43.6 cm³/mol. The van der Waals surface area contributed by atoms with Gasteiger partial charge in [-0.15, -0.1) is 0 Å². The van der Waals surface area contributed by atoms with Gasteiger partial charge in [0.1, 0.15) is 0 Å². The molecule has 0 bridgehead atoms. The largest absolute Gasteiger partial charge is 0.257 e. The van der Waals surface area contributed by atoms with Gasteiger partial charge in [0.2, 0.25) is 0 Å². The maximum Gasteiger partial charge on any atom is 0.0992 e. The first-order valence-electron chi connectivity index (χ1n) is 3.29. The van der Waals surface area contributed by atoms with Gasteiger partial charge in [-0.05, 0) is 18.2 Å². The van der Waals surface area contributed by atoms with Crippen molar-refractivity contribution in [3.8, 4) is 12.1 Å². The number of nitriles is 2. The lowest BCUT2D eigenvalue weighted by Crippen LogP contribution is -1.81. The number of pyridine rings is 1.